The predicted molar refractivity (Wildman–Crippen MR) is 121 cm³/mol. The minimum Gasteiger partial charge on any atom is -0.497 e. The molecule has 0 aliphatic rings. The maximum atomic E-state index is 13.1. The van der Waals surface area contributed by atoms with Gasteiger partial charge in [0.2, 0.25) is 0 Å². The molecule has 0 saturated heterocycles. The number of benzene rings is 2. The van der Waals surface area contributed by atoms with Crippen LogP contribution < -0.4 is 16.0 Å². The number of pyridine rings is 1. The molecule has 0 bridgehead atoms. The predicted octanol–water partition coefficient (Wildman–Crippen LogP) is 2.76. The van der Waals surface area contributed by atoms with Gasteiger partial charge in [0.15, 0.2) is 5.65 Å². The molecule has 0 radical (unpaired) electrons. The molecule has 4 aromatic rings. The van der Waals surface area contributed by atoms with E-state index in [0.717, 1.165) is 10.1 Å². The Hall–Kier alpha value is -4.20. The van der Waals surface area contributed by atoms with Crippen molar-refractivity contribution in [3.63, 3.8) is 0 Å². The monoisotopic (exact) mass is 431 g/mol. The Morgan fingerprint density at radius 1 is 0.875 bits per heavy atom. The van der Waals surface area contributed by atoms with Crippen LogP contribution in [0.25, 0.3) is 33.4 Å². The molecule has 162 valence electrons. The second-order valence-corrected chi connectivity index (χ2v) is 7.26. The molecule has 0 aliphatic carbocycles. The van der Waals surface area contributed by atoms with E-state index in [9.17, 15) is 14.4 Å². The van der Waals surface area contributed by atoms with Crippen molar-refractivity contribution in [1.29, 1.82) is 0 Å². The zero-order valence-corrected chi connectivity index (χ0v) is 18.1. The fraction of sp³-hybridized carbons (Fsp3) is 0.167. The number of hydrogen-bond donors (Lipinski definition) is 0. The lowest BCUT2D eigenvalue weighted by Crippen LogP contribution is -2.37. The number of esters is 1. The van der Waals surface area contributed by atoms with Gasteiger partial charge in [-0.3, -0.25) is 13.9 Å². The van der Waals surface area contributed by atoms with Crippen molar-refractivity contribution in [2.45, 2.75) is 0 Å². The van der Waals surface area contributed by atoms with E-state index in [-0.39, 0.29) is 5.65 Å². The van der Waals surface area contributed by atoms with E-state index in [4.69, 9.17) is 9.47 Å². The van der Waals surface area contributed by atoms with Gasteiger partial charge in [-0.2, -0.15) is 0 Å². The molecule has 2 aromatic carbocycles. The summed E-state index contributed by atoms with van der Waals surface area (Å²) in [5.74, 6) is 0.253. The van der Waals surface area contributed by atoms with Crippen LogP contribution in [0.15, 0.2) is 64.2 Å². The molecule has 0 spiro atoms. The third kappa shape index (κ3) is 3.45. The molecule has 8 nitrogen and oxygen atoms in total. The second-order valence-electron chi connectivity index (χ2n) is 7.26. The van der Waals surface area contributed by atoms with Crippen LogP contribution in [0.4, 0.5) is 0 Å². The van der Waals surface area contributed by atoms with Crippen LogP contribution in [0.2, 0.25) is 0 Å². The highest BCUT2D eigenvalue weighted by atomic mass is 16.5. The minimum atomic E-state index is -0.464. The molecule has 8 heteroatoms. The molecule has 0 saturated carbocycles. The van der Waals surface area contributed by atoms with E-state index in [2.05, 4.69) is 4.98 Å². The van der Waals surface area contributed by atoms with Crippen molar-refractivity contribution in [3.8, 4) is 28.1 Å². The fourth-order valence-corrected chi connectivity index (χ4v) is 3.60. The van der Waals surface area contributed by atoms with E-state index in [1.54, 1.807) is 38.4 Å². The largest absolute Gasteiger partial charge is 0.497 e. The normalized spacial score (nSPS) is 10.9. The second kappa shape index (κ2) is 8.14. The zero-order chi connectivity index (χ0) is 23.0. The standard InChI is InChI=1S/C24H21N3O5/c1-26-21-20(22(28)27(2)24(26)30)18(14-5-7-16(8-6-14)23(29)32-4)13-19(25-21)15-9-11-17(31-3)12-10-15/h5-13H,1-4H3. The van der Waals surface area contributed by atoms with Gasteiger partial charge in [0.05, 0.1) is 30.9 Å². The van der Waals surface area contributed by atoms with E-state index < -0.39 is 17.2 Å². The topological polar surface area (TPSA) is 92.4 Å². The minimum absolute atomic E-state index is 0.276. The average molecular weight is 431 g/mol. The lowest BCUT2D eigenvalue weighted by atomic mass is 9.99. The van der Waals surface area contributed by atoms with Crippen molar-refractivity contribution in [3.05, 3.63) is 81.0 Å². The third-order valence-electron chi connectivity index (χ3n) is 5.41. The Morgan fingerprint density at radius 3 is 2.09 bits per heavy atom. The maximum Gasteiger partial charge on any atom is 0.337 e. The van der Waals surface area contributed by atoms with Gasteiger partial charge in [0.1, 0.15) is 5.75 Å². The van der Waals surface area contributed by atoms with Crippen molar-refractivity contribution in [2.24, 2.45) is 14.1 Å². The molecule has 2 aromatic heterocycles. The number of carbonyl (C=O) groups is 1. The quantitative estimate of drug-likeness (QED) is 0.462. The zero-order valence-electron chi connectivity index (χ0n) is 18.1. The number of aromatic nitrogens is 3. The molecule has 2 heterocycles. The first-order valence-corrected chi connectivity index (χ1v) is 9.79. The lowest BCUT2D eigenvalue weighted by Gasteiger charge is -2.14. The Kier molecular flexibility index (Phi) is 5.36. The summed E-state index contributed by atoms with van der Waals surface area (Å²) in [6.45, 7) is 0. The van der Waals surface area contributed by atoms with Crippen molar-refractivity contribution in [1.82, 2.24) is 14.1 Å². The van der Waals surface area contributed by atoms with Gasteiger partial charge in [-0.25, -0.2) is 14.6 Å². The van der Waals surface area contributed by atoms with Crippen LogP contribution in [-0.2, 0) is 18.8 Å². The van der Waals surface area contributed by atoms with E-state index in [0.29, 0.717) is 33.5 Å². The van der Waals surface area contributed by atoms with Gasteiger partial charge in [0.25, 0.3) is 5.56 Å². The van der Waals surface area contributed by atoms with Crippen LogP contribution in [0.5, 0.6) is 5.75 Å². The highest BCUT2D eigenvalue weighted by Gasteiger charge is 2.18. The van der Waals surface area contributed by atoms with Crippen LogP contribution in [-0.4, -0.2) is 34.3 Å². The van der Waals surface area contributed by atoms with Crippen LogP contribution in [0, 0.1) is 0 Å². The molecule has 0 aliphatic heterocycles. The highest BCUT2D eigenvalue weighted by molar-refractivity contribution is 5.96. The third-order valence-corrected chi connectivity index (χ3v) is 5.41. The number of rotatable bonds is 4. The van der Waals surface area contributed by atoms with Crippen LogP contribution in [0.1, 0.15) is 10.4 Å². The molecule has 0 N–H and O–H groups in total. The summed E-state index contributed by atoms with van der Waals surface area (Å²) in [6, 6.07) is 15.9. The van der Waals surface area contributed by atoms with Gasteiger partial charge in [-0.05, 0) is 48.0 Å². The maximum absolute atomic E-state index is 13.1. The molecule has 0 unspecified atom stereocenters. The smallest absolute Gasteiger partial charge is 0.337 e. The Labute approximate surface area is 183 Å². The summed E-state index contributed by atoms with van der Waals surface area (Å²) < 4.78 is 12.4. The summed E-state index contributed by atoms with van der Waals surface area (Å²) in [4.78, 5) is 42.1. The van der Waals surface area contributed by atoms with E-state index in [1.807, 2.05) is 30.3 Å². The van der Waals surface area contributed by atoms with E-state index >= 15 is 0 Å². The number of aryl methyl sites for hydroxylation is 1. The number of ether oxygens (including phenoxy) is 2. The number of nitrogens with zero attached hydrogens (tertiary/aromatic N) is 3. The number of fused-ring (bicyclic) bond motifs is 1. The van der Waals surface area contributed by atoms with E-state index in [1.165, 1.54) is 18.7 Å². The highest BCUT2D eigenvalue weighted by Crippen LogP contribution is 2.31. The van der Waals surface area contributed by atoms with Crippen LogP contribution >= 0.6 is 0 Å². The summed E-state index contributed by atoms with van der Waals surface area (Å²) in [5.41, 5.74) is 2.47. The first kappa shape index (κ1) is 21.0. The van der Waals surface area contributed by atoms with Gasteiger partial charge in [0, 0.05) is 25.2 Å². The number of carbonyl (C=O) groups excluding carboxylic acids is 1. The molecule has 0 atom stereocenters. The van der Waals surface area contributed by atoms with Gasteiger partial charge in [-0.1, -0.05) is 12.1 Å². The van der Waals surface area contributed by atoms with Gasteiger partial charge < -0.3 is 9.47 Å². The molecular formula is C24H21N3O5. The Morgan fingerprint density at radius 2 is 1.50 bits per heavy atom. The SMILES string of the molecule is COC(=O)c1ccc(-c2cc(-c3ccc(OC)cc3)nc3c2c(=O)n(C)c(=O)n3C)cc1. The van der Waals surface area contributed by atoms with Crippen molar-refractivity contribution >= 4 is 17.0 Å². The molecule has 32 heavy (non-hydrogen) atoms. The first-order chi connectivity index (χ1) is 15.3. The van der Waals surface area contributed by atoms with Crippen molar-refractivity contribution in [2.75, 3.05) is 14.2 Å². The van der Waals surface area contributed by atoms with Crippen LogP contribution in [0.3, 0.4) is 0 Å². The fourth-order valence-electron chi connectivity index (χ4n) is 3.60. The Balaban J connectivity index is 2.04. The summed E-state index contributed by atoms with van der Waals surface area (Å²) >= 11 is 0. The average Bonchev–Trinajstić information content (AvgIpc) is 2.85. The lowest BCUT2D eigenvalue weighted by molar-refractivity contribution is 0.0600. The summed E-state index contributed by atoms with van der Waals surface area (Å²) in [6.07, 6.45) is 0. The molecule has 4 rings (SSSR count). The van der Waals surface area contributed by atoms with Crippen molar-refractivity contribution < 1.29 is 14.3 Å². The van der Waals surface area contributed by atoms with Gasteiger partial charge >= 0.3 is 11.7 Å². The number of hydrogen-bond acceptors (Lipinski definition) is 6. The molecular weight excluding hydrogens is 410 g/mol. The Bertz CT molecular complexity index is 1450. The molecule has 0 amide bonds. The molecule has 0 fully saturated rings. The van der Waals surface area contributed by atoms with Gasteiger partial charge in [-0.15, -0.1) is 0 Å². The summed E-state index contributed by atoms with van der Waals surface area (Å²) in [5, 5.41) is 0.317. The summed E-state index contributed by atoms with van der Waals surface area (Å²) in [7, 11) is 5.92. The first-order valence-electron chi connectivity index (χ1n) is 9.79. The number of methoxy groups -OCH3 is 2.